The van der Waals surface area contributed by atoms with E-state index in [4.69, 9.17) is 0 Å². The van der Waals surface area contributed by atoms with Crippen molar-refractivity contribution in [3.05, 3.63) is 90.0 Å². The highest BCUT2D eigenvalue weighted by Gasteiger charge is 2.07. The number of phenolic OH excluding ortho intramolecular Hbond substituents is 2. The van der Waals surface area contributed by atoms with E-state index in [2.05, 4.69) is 13.2 Å². The molecule has 0 radical (unpaired) electrons. The fraction of sp³-hybridized carbons (Fsp3) is 0.0952. The molecule has 2 aromatic carbocycles. The SMILES string of the molecule is C=CCc1cc(C=CC(=O)c2ccc(O)c(CC=C)c2)ccc1O. The van der Waals surface area contributed by atoms with Gasteiger partial charge in [-0.25, -0.2) is 0 Å². The van der Waals surface area contributed by atoms with E-state index in [1.807, 2.05) is 6.07 Å². The van der Waals surface area contributed by atoms with Crippen molar-refractivity contribution < 1.29 is 15.0 Å². The molecule has 0 aliphatic rings. The van der Waals surface area contributed by atoms with E-state index >= 15 is 0 Å². The molecule has 2 rings (SSSR count). The van der Waals surface area contributed by atoms with Gasteiger partial charge in [0.15, 0.2) is 5.78 Å². The summed E-state index contributed by atoms with van der Waals surface area (Å²) in [6.07, 6.45) is 7.63. The summed E-state index contributed by atoms with van der Waals surface area (Å²) in [6.45, 7) is 7.30. The third-order valence-corrected chi connectivity index (χ3v) is 3.62. The van der Waals surface area contributed by atoms with E-state index in [-0.39, 0.29) is 17.3 Å². The molecule has 3 nitrogen and oxygen atoms in total. The van der Waals surface area contributed by atoms with Crippen LogP contribution in [0.1, 0.15) is 27.0 Å². The van der Waals surface area contributed by atoms with Crippen LogP contribution >= 0.6 is 0 Å². The maximum Gasteiger partial charge on any atom is 0.185 e. The van der Waals surface area contributed by atoms with E-state index in [1.54, 1.807) is 42.5 Å². The van der Waals surface area contributed by atoms with Gasteiger partial charge in [0, 0.05) is 5.56 Å². The lowest BCUT2D eigenvalue weighted by Gasteiger charge is -2.04. The van der Waals surface area contributed by atoms with Crippen LogP contribution in [0.3, 0.4) is 0 Å². The van der Waals surface area contributed by atoms with Gasteiger partial charge in [-0.15, -0.1) is 13.2 Å². The summed E-state index contributed by atoms with van der Waals surface area (Å²) in [4.78, 5) is 12.3. The summed E-state index contributed by atoms with van der Waals surface area (Å²) in [5.41, 5.74) is 2.76. The fourth-order valence-corrected chi connectivity index (χ4v) is 2.35. The van der Waals surface area contributed by atoms with Crippen LogP contribution in [0, 0.1) is 0 Å². The number of hydrogen-bond donors (Lipinski definition) is 2. The molecule has 24 heavy (non-hydrogen) atoms. The van der Waals surface area contributed by atoms with E-state index in [9.17, 15) is 15.0 Å². The number of hydrogen-bond acceptors (Lipinski definition) is 3. The zero-order valence-corrected chi connectivity index (χ0v) is 13.4. The van der Waals surface area contributed by atoms with Gasteiger partial charge in [0.25, 0.3) is 0 Å². The number of rotatable bonds is 7. The predicted octanol–water partition coefficient (Wildman–Crippen LogP) is 4.45. The summed E-state index contributed by atoms with van der Waals surface area (Å²) < 4.78 is 0. The second-order valence-corrected chi connectivity index (χ2v) is 5.41. The van der Waals surface area contributed by atoms with Crippen molar-refractivity contribution in [1.82, 2.24) is 0 Å². The monoisotopic (exact) mass is 320 g/mol. The molecule has 3 heteroatoms. The van der Waals surface area contributed by atoms with Gasteiger partial charge in [-0.3, -0.25) is 4.79 Å². The molecule has 0 saturated heterocycles. The van der Waals surface area contributed by atoms with Crippen molar-refractivity contribution >= 4 is 11.9 Å². The van der Waals surface area contributed by atoms with Crippen LogP contribution in [0.5, 0.6) is 11.5 Å². The van der Waals surface area contributed by atoms with Gasteiger partial charge in [-0.05, 0) is 65.9 Å². The van der Waals surface area contributed by atoms with Gasteiger partial charge in [-0.2, -0.15) is 0 Å². The second-order valence-electron chi connectivity index (χ2n) is 5.41. The molecule has 122 valence electrons. The normalized spacial score (nSPS) is 10.7. The van der Waals surface area contributed by atoms with Crippen molar-refractivity contribution in [3.8, 4) is 11.5 Å². The number of ketones is 1. The van der Waals surface area contributed by atoms with Crippen LogP contribution in [0.4, 0.5) is 0 Å². The topological polar surface area (TPSA) is 57.5 Å². The van der Waals surface area contributed by atoms with Gasteiger partial charge in [0.05, 0.1) is 0 Å². The third kappa shape index (κ3) is 4.23. The maximum atomic E-state index is 12.3. The lowest BCUT2D eigenvalue weighted by molar-refractivity contribution is 0.104. The Hall–Kier alpha value is -3.07. The molecule has 0 saturated carbocycles. The number of carbonyl (C=O) groups is 1. The molecule has 0 aliphatic carbocycles. The van der Waals surface area contributed by atoms with Crippen LogP contribution in [0.2, 0.25) is 0 Å². The Balaban J connectivity index is 2.21. The Kier molecular flexibility index (Phi) is 5.74. The van der Waals surface area contributed by atoms with Gasteiger partial charge in [-0.1, -0.05) is 24.3 Å². The fourth-order valence-electron chi connectivity index (χ4n) is 2.35. The molecule has 2 aromatic rings. The minimum absolute atomic E-state index is 0.154. The molecule has 0 aliphatic heterocycles. The molecule has 0 bridgehead atoms. The Bertz CT molecular complexity index is 801. The van der Waals surface area contributed by atoms with Gasteiger partial charge < -0.3 is 10.2 Å². The molecular weight excluding hydrogens is 300 g/mol. The summed E-state index contributed by atoms with van der Waals surface area (Å²) in [7, 11) is 0. The minimum atomic E-state index is -0.154. The van der Waals surface area contributed by atoms with Gasteiger partial charge in [0.1, 0.15) is 11.5 Å². The maximum absolute atomic E-state index is 12.3. The van der Waals surface area contributed by atoms with Crippen molar-refractivity contribution in [2.75, 3.05) is 0 Å². The zero-order chi connectivity index (χ0) is 17.5. The second kappa shape index (κ2) is 7.97. The Morgan fingerprint density at radius 1 is 0.917 bits per heavy atom. The number of carbonyl (C=O) groups excluding carboxylic acids is 1. The molecule has 0 atom stereocenters. The first-order valence-electron chi connectivity index (χ1n) is 7.63. The zero-order valence-electron chi connectivity index (χ0n) is 13.4. The lowest BCUT2D eigenvalue weighted by Crippen LogP contribution is -1.96. The molecule has 0 spiro atoms. The standard InChI is InChI=1S/C21H20O3/c1-3-5-16-13-15(7-10-19(16)22)8-11-20(23)18-9-12-21(24)17(14-18)6-4-2/h3-4,7-14,22,24H,1-2,5-6H2. The summed E-state index contributed by atoms with van der Waals surface area (Å²) >= 11 is 0. The van der Waals surface area contributed by atoms with Crippen molar-refractivity contribution in [3.63, 3.8) is 0 Å². The molecule has 0 heterocycles. The van der Waals surface area contributed by atoms with E-state index < -0.39 is 0 Å². The van der Waals surface area contributed by atoms with Crippen LogP contribution in [0.25, 0.3) is 6.08 Å². The smallest absolute Gasteiger partial charge is 0.185 e. The minimum Gasteiger partial charge on any atom is -0.508 e. The quantitative estimate of drug-likeness (QED) is 0.450. The van der Waals surface area contributed by atoms with Gasteiger partial charge in [0.2, 0.25) is 0 Å². The molecule has 0 fully saturated rings. The van der Waals surface area contributed by atoms with Crippen LogP contribution < -0.4 is 0 Å². The van der Waals surface area contributed by atoms with Crippen molar-refractivity contribution in [1.29, 1.82) is 0 Å². The first kappa shape index (κ1) is 17.3. The van der Waals surface area contributed by atoms with E-state index in [0.717, 1.165) is 11.1 Å². The third-order valence-electron chi connectivity index (χ3n) is 3.62. The number of allylic oxidation sites excluding steroid dienone is 3. The Labute approximate surface area is 141 Å². The van der Waals surface area contributed by atoms with Gasteiger partial charge >= 0.3 is 0 Å². The predicted molar refractivity (Wildman–Crippen MR) is 97.4 cm³/mol. The largest absolute Gasteiger partial charge is 0.508 e. The molecule has 0 aromatic heterocycles. The van der Waals surface area contributed by atoms with Crippen LogP contribution in [-0.4, -0.2) is 16.0 Å². The first-order chi connectivity index (χ1) is 11.5. The molecular formula is C21H20O3. The lowest BCUT2D eigenvalue weighted by atomic mass is 10.0. The van der Waals surface area contributed by atoms with E-state index in [1.165, 1.54) is 12.1 Å². The summed E-state index contributed by atoms with van der Waals surface area (Å²) in [5.74, 6) is 0.215. The van der Waals surface area contributed by atoms with Crippen molar-refractivity contribution in [2.24, 2.45) is 0 Å². The average molecular weight is 320 g/mol. The average Bonchev–Trinajstić information content (AvgIpc) is 2.57. The number of aromatic hydroxyl groups is 2. The molecule has 0 amide bonds. The van der Waals surface area contributed by atoms with E-state index in [0.29, 0.717) is 24.0 Å². The Morgan fingerprint density at radius 3 is 2.12 bits per heavy atom. The molecule has 0 unspecified atom stereocenters. The number of phenols is 2. The summed E-state index contributed by atoms with van der Waals surface area (Å²) in [6, 6.07) is 9.94. The van der Waals surface area contributed by atoms with Crippen molar-refractivity contribution in [2.45, 2.75) is 12.8 Å². The highest BCUT2D eigenvalue weighted by molar-refractivity contribution is 6.07. The number of benzene rings is 2. The highest BCUT2D eigenvalue weighted by atomic mass is 16.3. The first-order valence-corrected chi connectivity index (χ1v) is 7.63. The summed E-state index contributed by atoms with van der Waals surface area (Å²) in [5, 5.41) is 19.5. The molecule has 2 N–H and O–H groups in total. The highest BCUT2D eigenvalue weighted by Crippen LogP contribution is 2.22. The van der Waals surface area contributed by atoms with Crippen LogP contribution in [-0.2, 0) is 12.8 Å². The Morgan fingerprint density at radius 2 is 1.50 bits per heavy atom. The van der Waals surface area contributed by atoms with Crippen LogP contribution in [0.15, 0.2) is 67.8 Å².